The van der Waals surface area contributed by atoms with Crippen molar-refractivity contribution in [1.29, 1.82) is 0 Å². The van der Waals surface area contributed by atoms with E-state index >= 15 is 0 Å². The monoisotopic (exact) mass is 220 g/mol. The molecular weight excluding hydrogens is 204 g/mol. The summed E-state index contributed by atoms with van der Waals surface area (Å²) in [6, 6.07) is 3.24. The number of ether oxygens (including phenoxy) is 1. The standard InChI is InChI=1S/C13H16O3/c1-2-3-4-13-10-8-12(15)11(14)7-9(10)5-6-16-13/h2-3,7-8,13-15H,4-6H2,1H3/b3-2+. The number of allylic oxidation sites excluding steroid dienone is 1. The molecule has 1 unspecified atom stereocenters. The molecule has 0 fully saturated rings. The number of hydrogen-bond donors (Lipinski definition) is 2. The van der Waals surface area contributed by atoms with Gasteiger partial charge in [-0.1, -0.05) is 12.2 Å². The first-order valence-corrected chi connectivity index (χ1v) is 5.50. The van der Waals surface area contributed by atoms with Crippen molar-refractivity contribution in [2.45, 2.75) is 25.9 Å². The summed E-state index contributed by atoms with van der Waals surface area (Å²) in [6.45, 7) is 2.64. The topological polar surface area (TPSA) is 49.7 Å². The molecule has 0 spiro atoms. The number of fused-ring (bicyclic) bond motifs is 1. The van der Waals surface area contributed by atoms with Gasteiger partial charge in [0, 0.05) is 0 Å². The van der Waals surface area contributed by atoms with Crippen molar-refractivity contribution in [3.05, 3.63) is 35.4 Å². The molecule has 0 radical (unpaired) electrons. The molecule has 2 rings (SSSR count). The van der Waals surface area contributed by atoms with Crippen molar-refractivity contribution in [3.63, 3.8) is 0 Å². The normalized spacial score (nSPS) is 19.9. The predicted molar refractivity (Wildman–Crippen MR) is 61.6 cm³/mol. The summed E-state index contributed by atoms with van der Waals surface area (Å²) in [6.07, 6.45) is 5.61. The third-order valence-corrected chi connectivity index (χ3v) is 2.86. The highest BCUT2D eigenvalue weighted by molar-refractivity contribution is 5.47. The number of aromatic hydroxyl groups is 2. The van der Waals surface area contributed by atoms with Gasteiger partial charge in [-0.25, -0.2) is 0 Å². The molecule has 2 N–H and O–H groups in total. The Labute approximate surface area is 95.0 Å². The summed E-state index contributed by atoms with van der Waals surface area (Å²) in [7, 11) is 0. The summed E-state index contributed by atoms with van der Waals surface area (Å²) >= 11 is 0. The van der Waals surface area contributed by atoms with E-state index in [2.05, 4.69) is 0 Å². The van der Waals surface area contributed by atoms with Gasteiger partial charge in [-0.2, -0.15) is 0 Å². The van der Waals surface area contributed by atoms with Gasteiger partial charge >= 0.3 is 0 Å². The average molecular weight is 220 g/mol. The van der Waals surface area contributed by atoms with Gasteiger partial charge in [-0.05, 0) is 43.0 Å². The van der Waals surface area contributed by atoms with Gasteiger partial charge in [0.25, 0.3) is 0 Å². The first-order chi connectivity index (χ1) is 7.72. The third-order valence-electron chi connectivity index (χ3n) is 2.86. The Morgan fingerprint density at radius 2 is 2.12 bits per heavy atom. The summed E-state index contributed by atoms with van der Waals surface area (Å²) in [5, 5.41) is 18.9. The lowest BCUT2D eigenvalue weighted by molar-refractivity contribution is 0.0442. The van der Waals surface area contributed by atoms with Gasteiger partial charge < -0.3 is 14.9 Å². The Morgan fingerprint density at radius 1 is 1.38 bits per heavy atom. The molecule has 1 aromatic rings. The van der Waals surface area contributed by atoms with Gasteiger partial charge in [0.05, 0.1) is 12.7 Å². The maximum Gasteiger partial charge on any atom is 0.157 e. The molecule has 0 aliphatic carbocycles. The Balaban J connectivity index is 2.33. The molecule has 1 atom stereocenters. The van der Waals surface area contributed by atoms with Crippen LogP contribution in [0.15, 0.2) is 24.3 Å². The molecule has 3 heteroatoms. The van der Waals surface area contributed by atoms with Crippen molar-refractivity contribution in [1.82, 2.24) is 0 Å². The fraction of sp³-hybridized carbons (Fsp3) is 0.385. The first-order valence-electron chi connectivity index (χ1n) is 5.50. The summed E-state index contributed by atoms with van der Waals surface area (Å²) in [5.41, 5.74) is 2.05. The molecule has 0 saturated carbocycles. The number of rotatable bonds is 2. The van der Waals surface area contributed by atoms with E-state index in [1.54, 1.807) is 12.1 Å². The van der Waals surface area contributed by atoms with E-state index in [1.807, 2.05) is 19.1 Å². The van der Waals surface area contributed by atoms with E-state index in [4.69, 9.17) is 4.74 Å². The molecule has 1 aromatic carbocycles. The van der Waals surface area contributed by atoms with Crippen molar-refractivity contribution in [2.24, 2.45) is 0 Å². The molecule has 0 amide bonds. The molecule has 0 aromatic heterocycles. The zero-order valence-corrected chi connectivity index (χ0v) is 9.31. The lowest BCUT2D eigenvalue weighted by atomic mass is 9.95. The van der Waals surface area contributed by atoms with Crippen molar-refractivity contribution in [2.75, 3.05) is 6.61 Å². The van der Waals surface area contributed by atoms with Crippen LogP contribution in [0, 0.1) is 0 Å². The van der Waals surface area contributed by atoms with E-state index in [9.17, 15) is 10.2 Å². The van der Waals surface area contributed by atoms with Gasteiger partial charge in [-0.15, -0.1) is 0 Å². The van der Waals surface area contributed by atoms with Gasteiger partial charge in [0.2, 0.25) is 0 Å². The van der Waals surface area contributed by atoms with E-state index in [0.717, 1.165) is 24.0 Å². The summed E-state index contributed by atoms with van der Waals surface area (Å²) in [5.74, 6) is -0.125. The lowest BCUT2D eigenvalue weighted by Gasteiger charge is -2.25. The fourth-order valence-electron chi connectivity index (χ4n) is 2.01. The quantitative estimate of drug-likeness (QED) is 0.595. The lowest BCUT2D eigenvalue weighted by Crippen LogP contribution is -2.15. The van der Waals surface area contributed by atoms with Crippen molar-refractivity contribution < 1.29 is 14.9 Å². The van der Waals surface area contributed by atoms with Crippen LogP contribution in [0.5, 0.6) is 11.5 Å². The highest BCUT2D eigenvalue weighted by atomic mass is 16.5. The average Bonchev–Trinajstić information content (AvgIpc) is 2.28. The van der Waals surface area contributed by atoms with Gasteiger partial charge in [-0.3, -0.25) is 0 Å². The third kappa shape index (κ3) is 2.04. The second kappa shape index (κ2) is 4.58. The SMILES string of the molecule is C/C=C/CC1OCCc2cc(O)c(O)cc21. The van der Waals surface area contributed by atoms with Crippen LogP contribution in [0.1, 0.15) is 30.6 Å². The van der Waals surface area contributed by atoms with Crippen molar-refractivity contribution >= 4 is 0 Å². The minimum absolute atomic E-state index is 0.00792. The maximum absolute atomic E-state index is 9.49. The highest BCUT2D eigenvalue weighted by Gasteiger charge is 2.21. The van der Waals surface area contributed by atoms with E-state index < -0.39 is 0 Å². The molecule has 1 aliphatic rings. The Bertz CT molecular complexity index is 410. The molecule has 1 aliphatic heterocycles. The zero-order valence-electron chi connectivity index (χ0n) is 9.31. The smallest absolute Gasteiger partial charge is 0.157 e. The van der Waals surface area contributed by atoms with E-state index in [0.29, 0.717) is 6.61 Å². The van der Waals surface area contributed by atoms with Crippen LogP contribution >= 0.6 is 0 Å². The minimum Gasteiger partial charge on any atom is -0.504 e. The number of hydrogen-bond acceptors (Lipinski definition) is 3. The van der Waals surface area contributed by atoms with Crippen molar-refractivity contribution in [3.8, 4) is 11.5 Å². The van der Waals surface area contributed by atoms with Crippen LogP contribution in [0.3, 0.4) is 0 Å². The second-order valence-corrected chi connectivity index (χ2v) is 3.95. The summed E-state index contributed by atoms with van der Waals surface area (Å²) < 4.78 is 5.66. The molecule has 1 heterocycles. The van der Waals surface area contributed by atoms with Crippen LogP contribution in [0.2, 0.25) is 0 Å². The fourth-order valence-corrected chi connectivity index (χ4v) is 2.01. The Morgan fingerprint density at radius 3 is 2.88 bits per heavy atom. The minimum atomic E-state index is -0.0743. The maximum atomic E-state index is 9.49. The van der Waals surface area contributed by atoms with Gasteiger partial charge in [0.15, 0.2) is 11.5 Å². The number of benzene rings is 1. The van der Waals surface area contributed by atoms with Crippen LogP contribution in [-0.4, -0.2) is 16.8 Å². The predicted octanol–water partition coefficient (Wildman–Crippen LogP) is 2.68. The molecular formula is C13H16O3. The number of phenolic OH excluding ortho intramolecular Hbond substituents is 2. The van der Waals surface area contributed by atoms with Gasteiger partial charge in [0.1, 0.15) is 0 Å². The largest absolute Gasteiger partial charge is 0.504 e. The van der Waals surface area contributed by atoms with Crippen LogP contribution in [0.4, 0.5) is 0 Å². The first kappa shape index (κ1) is 11.0. The number of phenols is 2. The second-order valence-electron chi connectivity index (χ2n) is 3.95. The Hall–Kier alpha value is -1.48. The summed E-state index contributed by atoms with van der Waals surface area (Å²) in [4.78, 5) is 0. The van der Waals surface area contributed by atoms with Crippen LogP contribution in [-0.2, 0) is 11.2 Å². The molecule has 0 saturated heterocycles. The zero-order chi connectivity index (χ0) is 11.5. The highest BCUT2D eigenvalue weighted by Crippen LogP contribution is 2.36. The van der Waals surface area contributed by atoms with Crippen LogP contribution < -0.4 is 0 Å². The van der Waals surface area contributed by atoms with Crippen LogP contribution in [0.25, 0.3) is 0 Å². The van der Waals surface area contributed by atoms with E-state index in [1.165, 1.54) is 0 Å². The molecule has 3 nitrogen and oxygen atoms in total. The van der Waals surface area contributed by atoms with E-state index in [-0.39, 0.29) is 17.6 Å². The molecule has 86 valence electrons. The Kier molecular flexibility index (Phi) is 3.15. The molecule has 16 heavy (non-hydrogen) atoms. The molecule has 0 bridgehead atoms.